The van der Waals surface area contributed by atoms with Crippen molar-refractivity contribution in [2.75, 3.05) is 0 Å². The van der Waals surface area contributed by atoms with Crippen LogP contribution in [-0.4, -0.2) is 27.1 Å². The van der Waals surface area contributed by atoms with E-state index in [-0.39, 0.29) is 0 Å². The van der Waals surface area contributed by atoms with Crippen LogP contribution >= 0.6 is 0 Å². The van der Waals surface area contributed by atoms with Gasteiger partial charge >= 0.3 is 5.97 Å². The topological polar surface area (TPSA) is 75.1 Å². The van der Waals surface area contributed by atoms with Gasteiger partial charge in [0.1, 0.15) is 11.9 Å². The third-order valence-electron chi connectivity index (χ3n) is 2.77. The lowest BCUT2D eigenvalue weighted by Crippen LogP contribution is -2.36. The maximum absolute atomic E-state index is 11.0. The van der Waals surface area contributed by atoms with Gasteiger partial charge in [0.2, 0.25) is 0 Å². The Bertz CT molecular complexity index is 365. The molecule has 0 aliphatic carbocycles. The van der Waals surface area contributed by atoms with Gasteiger partial charge in [0.25, 0.3) is 0 Å². The summed E-state index contributed by atoms with van der Waals surface area (Å²) in [6, 6.07) is -0.490. The number of unbranched alkanes of at least 4 members (excludes halogenated alkanes) is 1. The minimum atomic E-state index is -0.797. The fourth-order valence-corrected chi connectivity index (χ4v) is 1.62. The molecule has 0 aromatic carbocycles. The maximum atomic E-state index is 11.0. The maximum Gasteiger partial charge on any atom is 0.320 e. The molecular formula is C13H21N3O2. The van der Waals surface area contributed by atoms with Crippen LogP contribution in [0.25, 0.3) is 0 Å². The largest absolute Gasteiger partial charge is 0.480 e. The third kappa shape index (κ3) is 4.79. The first-order valence-electron chi connectivity index (χ1n) is 6.43. The van der Waals surface area contributed by atoms with E-state index in [9.17, 15) is 4.79 Å². The highest BCUT2D eigenvalue weighted by Crippen LogP contribution is 2.03. The average molecular weight is 251 g/mol. The Morgan fingerprint density at radius 3 is 2.56 bits per heavy atom. The normalized spacial score (nSPS) is 12.3. The van der Waals surface area contributed by atoms with Gasteiger partial charge in [-0.05, 0) is 6.42 Å². The van der Waals surface area contributed by atoms with Crippen LogP contribution in [0.3, 0.4) is 0 Å². The Morgan fingerprint density at radius 2 is 2.06 bits per heavy atom. The molecule has 100 valence electrons. The highest BCUT2D eigenvalue weighted by Gasteiger charge is 2.15. The van der Waals surface area contributed by atoms with Crippen LogP contribution in [0.2, 0.25) is 0 Å². The molecule has 1 heterocycles. The van der Waals surface area contributed by atoms with Crippen molar-refractivity contribution in [2.45, 2.75) is 52.1 Å². The summed E-state index contributed by atoms with van der Waals surface area (Å²) in [5, 5.41) is 12.1. The number of hydrogen-bond acceptors (Lipinski definition) is 4. The summed E-state index contributed by atoms with van der Waals surface area (Å²) in [6.45, 7) is 4.54. The summed E-state index contributed by atoms with van der Waals surface area (Å²) in [6.07, 6.45) is 6.87. The van der Waals surface area contributed by atoms with Crippen LogP contribution in [0.1, 0.15) is 44.5 Å². The van der Waals surface area contributed by atoms with Crippen LogP contribution in [0.15, 0.2) is 12.4 Å². The van der Waals surface area contributed by atoms with Gasteiger partial charge in [0, 0.05) is 30.9 Å². The SMILES string of the molecule is CCCC[C@@H](NCc1cnc(CC)nc1)C(=O)O. The van der Waals surface area contributed by atoms with E-state index >= 15 is 0 Å². The number of carboxylic acid groups (broad SMARTS) is 1. The second kappa shape index (κ2) is 7.76. The van der Waals surface area contributed by atoms with E-state index in [0.717, 1.165) is 30.7 Å². The van der Waals surface area contributed by atoms with Crippen LogP contribution in [-0.2, 0) is 17.8 Å². The first kappa shape index (κ1) is 14.6. The summed E-state index contributed by atoms with van der Waals surface area (Å²) in [4.78, 5) is 19.4. The van der Waals surface area contributed by atoms with Gasteiger partial charge in [-0.25, -0.2) is 9.97 Å². The molecule has 0 spiro atoms. The standard InChI is InChI=1S/C13H21N3O2/c1-3-5-6-11(13(17)18)14-7-10-8-15-12(4-2)16-9-10/h8-9,11,14H,3-7H2,1-2H3,(H,17,18)/t11-/m1/s1. The molecule has 0 radical (unpaired) electrons. The van der Waals surface area contributed by atoms with Gasteiger partial charge in [-0.15, -0.1) is 0 Å². The third-order valence-corrected chi connectivity index (χ3v) is 2.77. The number of nitrogens with zero attached hydrogens (tertiary/aromatic N) is 2. The Kier molecular flexibility index (Phi) is 6.28. The molecule has 0 aliphatic rings. The lowest BCUT2D eigenvalue weighted by atomic mass is 10.1. The van der Waals surface area contributed by atoms with Crippen LogP contribution in [0, 0.1) is 0 Å². The minimum Gasteiger partial charge on any atom is -0.480 e. The van der Waals surface area contributed by atoms with Crippen LogP contribution < -0.4 is 5.32 Å². The van der Waals surface area contributed by atoms with Gasteiger partial charge in [-0.2, -0.15) is 0 Å². The monoisotopic (exact) mass is 251 g/mol. The highest BCUT2D eigenvalue weighted by atomic mass is 16.4. The van der Waals surface area contributed by atoms with E-state index in [4.69, 9.17) is 5.11 Å². The van der Waals surface area contributed by atoms with Crippen molar-refractivity contribution in [1.29, 1.82) is 0 Å². The van der Waals surface area contributed by atoms with Gasteiger partial charge < -0.3 is 10.4 Å². The lowest BCUT2D eigenvalue weighted by molar-refractivity contribution is -0.139. The predicted molar refractivity (Wildman–Crippen MR) is 69.2 cm³/mol. The van der Waals surface area contributed by atoms with Crippen LogP contribution in [0.4, 0.5) is 0 Å². The van der Waals surface area contributed by atoms with Gasteiger partial charge in [0.05, 0.1) is 0 Å². The predicted octanol–water partition coefficient (Wildman–Crippen LogP) is 1.77. The molecule has 0 saturated carbocycles. The number of hydrogen-bond donors (Lipinski definition) is 2. The number of carboxylic acids is 1. The molecule has 0 amide bonds. The van der Waals surface area contributed by atoms with E-state index in [0.29, 0.717) is 13.0 Å². The molecule has 1 rings (SSSR count). The van der Waals surface area contributed by atoms with Gasteiger partial charge in [-0.1, -0.05) is 26.7 Å². The summed E-state index contributed by atoms with van der Waals surface area (Å²) in [5.41, 5.74) is 0.912. The molecule has 0 fully saturated rings. The molecule has 5 heteroatoms. The second-order valence-electron chi connectivity index (χ2n) is 4.28. The van der Waals surface area contributed by atoms with E-state index in [1.54, 1.807) is 12.4 Å². The smallest absolute Gasteiger partial charge is 0.320 e. The molecule has 1 aromatic rings. The van der Waals surface area contributed by atoms with E-state index < -0.39 is 12.0 Å². The molecule has 0 unspecified atom stereocenters. The molecule has 0 aliphatic heterocycles. The number of rotatable bonds is 8. The zero-order valence-corrected chi connectivity index (χ0v) is 11.0. The van der Waals surface area contributed by atoms with E-state index in [1.807, 2.05) is 6.92 Å². The zero-order valence-electron chi connectivity index (χ0n) is 11.0. The summed E-state index contributed by atoms with van der Waals surface area (Å²) >= 11 is 0. The number of aryl methyl sites for hydroxylation is 1. The summed E-state index contributed by atoms with van der Waals surface area (Å²) in [5.74, 6) is 0.00839. The Hall–Kier alpha value is -1.49. The van der Waals surface area contributed by atoms with E-state index in [2.05, 4.69) is 22.2 Å². The van der Waals surface area contributed by atoms with Crippen LogP contribution in [0.5, 0.6) is 0 Å². The highest BCUT2D eigenvalue weighted by molar-refractivity contribution is 5.73. The Balaban J connectivity index is 2.47. The first-order valence-corrected chi connectivity index (χ1v) is 6.43. The van der Waals surface area contributed by atoms with Gasteiger partial charge in [-0.3, -0.25) is 4.79 Å². The number of carbonyl (C=O) groups is 1. The van der Waals surface area contributed by atoms with Crippen molar-refractivity contribution in [1.82, 2.24) is 15.3 Å². The Morgan fingerprint density at radius 1 is 1.39 bits per heavy atom. The molecule has 0 bridgehead atoms. The first-order chi connectivity index (χ1) is 8.67. The Labute approximate surface area is 108 Å². The molecular weight excluding hydrogens is 230 g/mol. The lowest BCUT2D eigenvalue weighted by Gasteiger charge is -2.13. The van der Waals surface area contributed by atoms with Gasteiger partial charge in [0.15, 0.2) is 0 Å². The molecule has 18 heavy (non-hydrogen) atoms. The van der Waals surface area contributed by atoms with Crippen molar-refractivity contribution >= 4 is 5.97 Å². The molecule has 2 N–H and O–H groups in total. The quantitative estimate of drug-likeness (QED) is 0.736. The summed E-state index contributed by atoms with van der Waals surface area (Å²) in [7, 11) is 0. The molecule has 5 nitrogen and oxygen atoms in total. The minimum absolute atomic E-state index is 0.490. The van der Waals surface area contributed by atoms with Crippen molar-refractivity contribution in [3.8, 4) is 0 Å². The number of nitrogens with one attached hydrogen (secondary N) is 1. The molecule has 1 atom stereocenters. The van der Waals surface area contributed by atoms with Crippen molar-refractivity contribution in [3.05, 3.63) is 23.8 Å². The van der Waals surface area contributed by atoms with Crippen molar-refractivity contribution < 1.29 is 9.90 Å². The van der Waals surface area contributed by atoms with E-state index in [1.165, 1.54) is 0 Å². The average Bonchev–Trinajstić information content (AvgIpc) is 2.39. The zero-order chi connectivity index (χ0) is 13.4. The second-order valence-corrected chi connectivity index (χ2v) is 4.28. The number of aromatic nitrogens is 2. The molecule has 0 saturated heterocycles. The fourth-order valence-electron chi connectivity index (χ4n) is 1.62. The van der Waals surface area contributed by atoms with Crippen molar-refractivity contribution in [2.24, 2.45) is 0 Å². The number of aliphatic carboxylic acids is 1. The van der Waals surface area contributed by atoms with Crippen molar-refractivity contribution in [3.63, 3.8) is 0 Å². The molecule has 1 aromatic heterocycles. The summed E-state index contributed by atoms with van der Waals surface area (Å²) < 4.78 is 0. The fraction of sp³-hybridized carbons (Fsp3) is 0.615.